The molecule has 2 heteroatoms. The third-order valence-corrected chi connectivity index (χ3v) is 2.51. The molecule has 0 aromatic carbocycles. The molecule has 0 radical (unpaired) electrons. The molecular formula is C9H17NO. The molecule has 1 saturated carbocycles. The van der Waals surface area contributed by atoms with Crippen LogP contribution >= 0.6 is 0 Å². The molecule has 1 rings (SSSR count). The largest absolute Gasteiger partial charge is 0.319 e. The van der Waals surface area contributed by atoms with Crippen molar-refractivity contribution in [1.29, 1.82) is 0 Å². The molecule has 0 spiro atoms. The Morgan fingerprint density at radius 2 is 1.82 bits per heavy atom. The number of Topliss-reactive ketones (excluding diaryl/α,β-unsaturated/α-hetero) is 1. The van der Waals surface area contributed by atoms with Gasteiger partial charge in [0.1, 0.15) is 0 Å². The van der Waals surface area contributed by atoms with Crippen molar-refractivity contribution in [1.82, 2.24) is 0 Å². The molecule has 0 aliphatic heterocycles. The Labute approximate surface area is 68.2 Å². The van der Waals surface area contributed by atoms with E-state index in [4.69, 9.17) is 5.73 Å². The van der Waals surface area contributed by atoms with Gasteiger partial charge in [0.05, 0.1) is 5.54 Å². The minimum atomic E-state index is -0.464. The van der Waals surface area contributed by atoms with E-state index >= 15 is 0 Å². The molecule has 0 heterocycles. The quantitative estimate of drug-likeness (QED) is 0.656. The second kappa shape index (κ2) is 2.94. The Morgan fingerprint density at radius 3 is 2.18 bits per heavy atom. The zero-order valence-corrected chi connectivity index (χ0v) is 7.39. The Balaban J connectivity index is 2.64. The van der Waals surface area contributed by atoms with Crippen LogP contribution in [0.1, 0.15) is 39.5 Å². The molecule has 0 amide bonds. The van der Waals surface area contributed by atoms with Gasteiger partial charge in [0.2, 0.25) is 0 Å². The summed E-state index contributed by atoms with van der Waals surface area (Å²) in [7, 11) is 0. The van der Waals surface area contributed by atoms with Gasteiger partial charge in [-0.15, -0.1) is 0 Å². The van der Waals surface area contributed by atoms with Crippen LogP contribution in [-0.2, 0) is 4.79 Å². The van der Waals surface area contributed by atoms with Crippen molar-refractivity contribution in [3.05, 3.63) is 0 Å². The van der Waals surface area contributed by atoms with Crippen LogP contribution in [0.3, 0.4) is 0 Å². The first-order valence-electron chi connectivity index (χ1n) is 4.39. The molecule has 0 unspecified atom stereocenters. The summed E-state index contributed by atoms with van der Waals surface area (Å²) in [6.45, 7) is 3.85. The monoisotopic (exact) mass is 155 g/mol. The lowest BCUT2D eigenvalue weighted by Crippen LogP contribution is -2.47. The lowest BCUT2D eigenvalue weighted by Gasteiger charge is -2.23. The van der Waals surface area contributed by atoms with Gasteiger partial charge in [-0.05, 0) is 12.8 Å². The summed E-state index contributed by atoms with van der Waals surface area (Å²) in [6, 6.07) is 0. The van der Waals surface area contributed by atoms with Crippen molar-refractivity contribution < 1.29 is 4.79 Å². The van der Waals surface area contributed by atoms with Gasteiger partial charge >= 0.3 is 0 Å². The molecule has 0 bridgehead atoms. The third-order valence-electron chi connectivity index (χ3n) is 2.51. The van der Waals surface area contributed by atoms with E-state index in [1.807, 2.05) is 13.8 Å². The van der Waals surface area contributed by atoms with E-state index in [0.717, 1.165) is 25.7 Å². The number of ketones is 1. The van der Waals surface area contributed by atoms with Gasteiger partial charge in [-0.2, -0.15) is 0 Å². The van der Waals surface area contributed by atoms with Gasteiger partial charge in [-0.3, -0.25) is 4.79 Å². The molecule has 2 N–H and O–H groups in total. The highest BCUT2D eigenvalue weighted by atomic mass is 16.1. The molecular weight excluding hydrogens is 138 g/mol. The molecule has 1 aliphatic rings. The fourth-order valence-corrected chi connectivity index (χ4v) is 1.83. The van der Waals surface area contributed by atoms with E-state index in [2.05, 4.69) is 0 Å². The maximum Gasteiger partial charge on any atom is 0.155 e. The summed E-state index contributed by atoms with van der Waals surface area (Å²) in [5.74, 6) is 0.341. The summed E-state index contributed by atoms with van der Waals surface area (Å²) in [5.41, 5.74) is 5.49. The lowest BCUT2D eigenvalue weighted by molar-refractivity contribution is -0.127. The Bertz CT molecular complexity index is 157. The van der Waals surface area contributed by atoms with Crippen LogP contribution in [0.4, 0.5) is 0 Å². The maximum atomic E-state index is 11.5. The zero-order valence-electron chi connectivity index (χ0n) is 7.39. The first-order valence-corrected chi connectivity index (χ1v) is 4.39. The second-order valence-electron chi connectivity index (χ2n) is 3.88. The van der Waals surface area contributed by atoms with Crippen LogP contribution in [0.15, 0.2) is 0 Å². The van der Waals surface area contributed by atoms with Gasteiger partial charge < -0.3 is 5.73 Å². The van der Waals surface area contributed by atoms with Gasteiger partial charge in [0.15, 0.2) is 5.78 Å². The van der Waals surface area contributed by atoms with E-state index < -0.39 is 5.54 Å². The maximum absolute atomic E-state index is 11.5. The van der Waals surface area contributed by atoms with Gasteiger partial charge in [-0.25, -0.2) is 0 Å². The number of carbonyl (C=O) groups excluding carboxylic acids is 1. The van der Waals surface area contributed by atoms with Crippen molar-refractivity contribution in [3.63, 3.8) is 0 Å². The summed E-state index contributed by atoms with van der Waals surface area (Å²) >= 11 is 0. The lowest BCUT2D eigenvalue weighted by atomic mass is 9.87. The van der Waals surface area contributed by atoms with Crippen molar-refractivity contribution in [3.8, 4) is 0 Å². The predicted octanol–water partition coefficient (Wildman–Crippen LogP) is 1.48. The van der Waals surface area contributed by atoms with Crippen LogP contribution < -0.4 is 5.73 Å². The van der Waals surface area contributed by atoms with Crippen molar-refractivity contribution in [2.75, 3.05) is 0 Å². The van der Waals surface area contributed by atoms with Gasteiger partial charge in [-0.1, -0.05) is 26.7 Å². The summed E-state index contributed by atoms with van der Waals surface area (Å²) in [6.07, 6.45) is 4.03. The SMILES string of the molecule is CC(C)C(=O)C1(N)CCCC1. The fraction of sp³-hybridized carbons (Fsp3) is 0.889. The summed E-state index contributed by atoms with van der Waals surface area (Å²) < 4.78 is 0. The first kappa shape index (κ1) is 8.72. The van der Waals surface area contributed by atoms with E-state index in [0.29, 0.717) is 0 Å². The Morgan fingerprint density at radius 1 is 1.36 bits per heavy atom. The number of rotatable bonds is 2. The number of hydrogen-bond donors (Lipinski definition) is 1. The standard InChI is InChI=1S/C9H17NO/c1-7(2)8(11)9(10)5-3-4-6-9/h7H,3-6,10H2,1-2H3. The number of carbonyl (C=O) groups is 1. The van der Waals surface area contributed by atoms with Crippen LogP contribution in [0.25, 0.3) is 0 Å². The Kier molecular flexibility index (Phi) is 2.33. The first-order chi connectivity index (χ1) is 5.06. The smallest absolute Gasteiger partial charge is 0.155 e. The third kappa shape index (κ3) is 1.62. The van der Waals surface area contributed by atoms with E-state index in [1.54, 1.807) is 0 Å². The molecule has 64 valence electrons. The van der Waals surface area contributed by atoms with E-state index in [-0.39, 0.29) is 11.7 Å². The summed E-state index contributed by atoms with van der Waals surface area (Å²) in [4.78, 5) is 11.5. The van der Waals surface area contributed by atoms with E-state index in [9.17, 15) is 4.79 Å². The van der Waals surface area contributed by atoms with Crippen LogP contribution in [-0.4, -0.2) is 11.3 Å². The molecule has 2 nitrogen and oxygen atoms in total. The topological polar surface area (TPSA) is 43.1 Å². The van der Waals surface area contributed by atoms with Gasteiger partial charge in [0.25, 0.3) is 0 Å². The minimum absolute atomic E-state index is 0.0955. The normalized spacial score (nSPS) is 22.5. The molecule has 1 fully saturated rings. The van der Waals surface area contributed by atoms with Crippen LogP contribution in [0.5, 0.6) is 0 Å². The van der Waals surface area contributed by atoms with Crippen molar-refractivity contribution in [2.24, 2.45) is 11.7 Å². The fourth-order valence-electron chi connectivity index (χ4n) is 1.83. The zero-order chi connectivity index (χ0) is 8.48. The number of nitrogens with two attached hydrogens (primary N) is 1. The van der Waals surface area contributed by atoms with Crippen molar-refractivity contribution >= 4 is 5.78 Å². The highest BCUT2D eigenvalue weighted by Crippen LogP contribution is 2.29. The van der Waals surface area contributed by atoms with E-state index in [1.165, 1.54) is 0 Å². The van der Waals surface area contributed by atoms with Gasteiger partial charge in [0, 0.05) is 5.92 Å². The average molecular weight is 155 g/mol. The molecule has 0 aromatic rings. The molecule has 0 atom stereocenters. The predicted molar refractivity (Wildman–Crippen MR) is 45.2 cm³/mol. The molecule has 0 saturated heterocycles. The Hall–Kier alpha value is -0.370. The molecule has 1 aliphatic carbocycles. The summed E-state index contributed by atoms with van der Waals surface area (Å²) in [5, 5.41) is 0. The molecule has 11 heavy (non-hydrogen) atoms. The van der Waals surface area contributed by atoms with Crippen LogP contribution in [0, 0.1) is 5.92 Å². The highest BCUT2D eigenvalue weighted by molar-refractivity contribution is 5.89. The minimum Gasteiger partial charge on any atom is -0.319 e. The number of hydrogen-bond acceptors (Lipinski definition) is 2. The average Bonchev–Trinajstić information content (AvgIpc) is 2.35. The van der Waals surface area contributed by atoms with Crippen molar-refractivity contribution in [2.45, 2.75) is 45.1 Å². The van der Waals surface area contributed by atoms with Crippen LogP contribution in [0.2, 0.25) is 0 Å². The second-order valence-corrected chi connectivity index (χ2v) is 3.88. The highest BCUT2D eigenvalue weighted by Gasteiger charge is 2.37. The molecule has 0 aromatic heterocycles.